The van der Waals surface area contributed by atoms with Crippen molar-refractivity contribution >= 4 is 52.6 Å². The first-order valence-corrected chi connectivity index (χ1v) is 10.4. The van der Waals surface area contributed by atoms with Gasteiger partial charge in [-0.3, -0.25) is 4.79 Å². The van der Waals surface area contributed by atoms with E-state index < -0.39 is 0 Å². The molecule has 1 atom stereocenters. The van der Waals surface area contributed by atoms with E-state index in [0.717, 1.165) is 21.4 Å². The molecule has 2 rings (SSSR count). The lowest BCUT2D eigenvalue weighted by molar-refractivity contribution is -0.120. The fourth-order valence-corrected chi connectivity index (χ4v) is 3.89. The molecule has 128 valence electrons. The minimum Gasteiger partial charge on any atom is -0.354 e. The molecule has 2 aromatic carbocycles. The summed E-state index contributed by atoms with van der Waals surface area (Å²) in [6.45, 7) is 2.58. The van der Waals surface area contributed by atoms with Crippen LogP contribution in [0.3, 0.4) is 0 Å². The average molecular weight is 400 g/mol. The molecule has 2 aromatic rings. The normalized spacial score (nSPS) is 12.0. The van der Waals surface area contributed by atoms with Crippen molar-refractivity contribution in [3.63, 3.8) is 0 Å². The zero-order valence-corrected chi connectivity index (χ0v) is 16.4. The number of amides is 1. The molecule has 0 aromatic heterocycles. The van der Waals surface area contributed by atoms with Gasteiger partial charge in [0.15, 0.2) is 0 Å². The van der Waals surface area contributed by atoms with Gasteiger partial charge in [0.25, 0.3) is 0 Å². The first kappa shape index (κ1) is 19.5. The van der Waals surface area contributed by atoms with E-state index in [1.165, 1.54) is 17.3 Å². The first-order valence-electron chi connectivity index (χ1n) is 7.57. The fraction of sp³-hybridized carbons (Fsp3) is 0.278. The average Bonchev–Trinajstić information content (AvgIpc) is 2.58. The highest BCUT2D eigenvalue weighted by Gasteiger charge is 2.13. The van der Waals surface area contributed by atoms with Gasteiger partial charge in [0, 0.05) is 33.0 Å². The lowest BCUT2D eigenvalue weighted by Crippen LogP contribution is -2.32. The van der Waals surface area contributed by atoms with Gasteiger partial charge in [0.1, 0.15) is 0 Å². The van der Waals surface area contributed by atoms with Gasteiger partial charge in [0.2, 0.25) is 5.91 Å². The molecular formula is C18H19Cl2NOS2. The van der Waals surface area contributed by atoms with Crippen LogP contribution in [-0.4, -0.2) is 23.5 Å². The van der Waals surface area contributed by atoms with Gasteiger partial charge in [-0.05, 0) is 48.9 Å². The molecule has 0 radical (unpaired) electrons. The summed E-state index contributed by atoms with van der Waals surface area (Å²) in [6, 6.07) is 15.4. The molecular weight excluding hydrogens is 381 g/mol. The topological polar surface area (TPSA) is 29.1 Å². The van der Waals surface area contributed by atoms with Crippen LogP contribution in [0.5, 0.6) is 0 Å². The summed E-state index contributed by atoms with van der Waals surface area (Å²) < 4.78 is 0. The Hall–Kier alpha value is -0.810. The molecule has 0 fully saturated rings. The maximum atomic E-state index is 12.1. The number of thioether (sulfide) groups is 2. The minimum absolute atomic E-state index is 0.0574. The third-order valence-electron chi connectivity index (χ3n) is 3.22. The van der Waals surface area contributed by atoms with Crippen LogP contribution < -0.4 is 5.32 Å². The van der Waals surface area contributed by atoms with E-state index in [-0.39, 0.29) is 11.2 Å². The summed E-state index contributed by atoms with van der Waals surface area (Å²) in [5.74, 6) is 1.86. The number of carbonyl (C=O) groups is 1. The quantitative estimate of drug-likeness (QED) is 0.467. The van der Waals surface area contributed by atoms with Crippen molar-refractivity contribution in [3.05, 3.63) is 64.1 Å². The molecule has 0 saturated carbocycles. The Morgan fingerprint density at radius 1 is 1.04 bits per heavy atom. The van der Waals surface area contributed by atoms with Crippen LogP contribution in [0.2, 0.25) is 10.0 Å². The molecule has 0 heterocycles. The number of benzene rings is 2. The molecule has 0 unspecified atom stereocenters. The largest absolute Gasteiger partial charge is 0.354 e. The summed E-state index contributed by atoms with van der Waals surface area (Å²) in [5.41, 5.74) is 1.24. The molecule has 0 bridgehead atoms. The molecule has 24 heavy (non-hydrogen) atoms. The van der Waals surface area contributed by atoms with Crippen LogP contribution >= 0.6 is 46.7 Å². The SMILES string of the molecule is C[C@@H](Sc1ccc(Cl)cc1)C(=O)NCCSCc1ccc(Cl)cc1. The second-order valence-electron chi connectivity index (χ2n) is 5.18. The summed E-state index contributed by atoms with van der Waals surface area (Å²) >= 11 is 15.1. The van der Waals surface area contributed by atoms with Crippen molar-refractivity contribution in [2.45, 2.75) is 22.8 Å². The Balaban J connectivity index is 1.63. The van der Waals surface area contributed by atoms with Crippen molar-refractivity contribution in [3.8, 4) is 0 Å². The molecule has 6 heteroatoms. The lowest BCUT2D eigenvalue weighted by atomic mass is 10.2. The van der Waals surface area contributed by atoms with Crippen LogP contribution in [-0.2, 0) is 10.5 Å². The molecule has 2 nitrogen and oxygen atoms in total. The Kier molecular flexibility index (Phi) is 8.33. The number of nitrogens with one attached hydrogen (secondary N) is 1. The Bertz CT molecular complexity index is 647. The smallest absolute Gasteiger partial charge is 0.233 e. The third-order valence-corrected chi connectivity index (χ3v) is 5.87. The second-order valence-corrected chi connectivity index (χ2v) is 8.58. The van der Waals surface area contributed by atoms with Gasteiger partial charge in [0.05, 0.1) is 5.25 Å². The van der Waals surface area contributed by atoms with Crippen molar-refractivity contribution in [2.75, 3.05) is 12.3 Å². The van der Waals surface area contributed by atoms with E-state index in [9.17, 15) is 4.79 Å². The summed E-state index contributed by atoms with van der Waals surface area (Å²) in [7, 11) is 0. The second kappa shape index (κ2) is 10.2. The van der Waals surface area contributed by atoms with E-state index in [0.29, 0.717) is 11.6 Å². The van der Waals surface area contributed by atoms with E-state index in [2.05, 4.69) is 5.32 Å². The van der Waals surface area contributed by atoms with Gasteiger partial charge < -0.3 is 5.32 Å². The van der Waals surface area contributed by atoms with E-state index >= 15 is 0 Å². The zero-order chi connectivity index (χ0) is 17.4. The zero-order valence-electron chi connectivity index (χ0n) is 13.3. The Morgan fingerprint density at radius 2 is 1.62 bits per heavy atom. The van der Waals surface area contributed by atoms with Crippen LogP contribution in [0.1, 0.15) is 12.5 Å². The first-order chi connectivity index (χ1) is 11.5. The summed E-state index contributed by atoms with van der Waals surface area (Å²) in [5, 5.41) is 4.31. The highest BCUT2D eigenvalue weighted by Crippen LogP contribution is 2.24. The van der Waals surface area contributed by atoms with Gasteiger partial charge >= 0.3 is 0 Å². The maximum absolute atomic E-state index is 12.1. The Morgan fingerprint density at radius 3 is 2.25 bits per heavy atom. The molecule has 1 amide bonds. The number of hydrogen-bond acceptors (Lipinski definition) is 3. The maximum Gasteiger partial charge on any atom is 0.233 e. The molecule has 0 aliphatic rings. The van der Waals surface area contributed by atoms with Gasteiger partial charge in [-0.1, -0.05) is 35.3 Å². The summed E-state index contributed by atoms with van der Waals surface area (Å²) in [6.07, 6.45) is 0. The Labute approximate surface area is 161 Å². The molecule has 0 aliphatic heterocycles. The predicted molar refractivity (Wildman–Crippen MR) is 107 cm³/mol. The highest BCUT2D eigenvalue weighted by molar-refractivity contribution is 8.00. The number of rotatable bonds is 8. The van der Waals surface area contributed by atoms with Crippen molar-refractivity contribution < 1.29 is 4.79 Å². The van der Waals surface area contributed by atoms with Crippen LogP contribution in [0.4, 0.5) is 0 Å². The standard InChI is InChI=1S/C18H19Cl2NOS2/c1-13(24-17-8-6-16(20)7-9-17)18(22)21-10-11-23-12-14-2-4-15(19)5-3-14/h2-9,13H,10-12H2,1H3,(H,21,22)/t13-/m1/s1. The van der Waals surface area contributed by atoms with E-state index in [1.54, 1.807) is 11.8 Å². The van der Waals surface area contributed by atoms with Gasteiger partial charge in [-0.25, -0.2) is 0 Å². The number of halogens is 2. The van der Waals surface area contributed by atoms with Crippen molar-refractivity contribution in [1.82, 2.24) is 5.32 Å². The lowest BCUT2D eigenvalue weighted by Gasteiger charge is -2.12. The number of hydrogen-bond donors (Lipinski definition) is 1. The van der Waals surface area contributed by atoms with Crippen molar-refractivity contribution in [2.24, 2.45) is 0 Å². The molecule has 1 N–H and O–H groups in total. The van der Waals surface area contributed by atoms with E-state index in [4.69, 9.17) is 23.2 Å². The molecule has 0 saturated heterocycles. The predicted octanol–water partition coefficient (Wildman–Crippen LogP) is 5.52. The van der Waals surface area contributed by atoms with Crippen molar-refractivity contribution in [1.29, 1.82) is 0 Å². The van der Waals surface area contributed by atoms with Crippen LogP contribution in [0.15, 0.2) is 53.4 Å². The minimum atomic E-state index is -0.132. The third kappa shape index (κ3) is 6.98. The monoisotopic (exact) mass is 399 g/mol. The summed E-state index contributed by atoms with van der Waals surface area (Å²) in [4.78, 5) is 13.1. The van der Waals surface area contributed by atoms with Gasteiger partial charge in [-0.15, -0.1) is 11.8 Å². The number of carbonyl (C=O) groups excluding carboxylic acids is 1. The van der Waals surface area contributed by atoms with Gasteiger partial charge in [-0.2, -0.15) is 11.8 Å². The highest BCUT2D eigenvalue weighted by atomic mass is 35.5. The molecule has 0 aliphatic carbocycles. The fourth-order valence-electron chi connectivity index (χ4n) is 1.93. The molecule has 0 spiro atoms. The van der Waals surface area contributed by atoms with Crippen LogP contribution in [0, 0.1) is 0 Å². The van der Waals surface area contributed by atoms with E-state index in [1.807, 2.05) is 55.5 Å². The van der Waals surface area contributed by atoms with Crippen LogP contribution in [0.25, 0.3) is 0 Å².